The first kappa shape index (κ1) is 12.3. The first-order valence-electron chi connectivity index (χ1n) is 7.01. The minimum atomic E-state index is 0.603. The van der Waals surface area contributed by atoms with Crippen LogP contribution in [0, 0.1) is 0 Å². The summed E-state index contributed by atoms with van der Waals surface area (Å²) in [4.78, 5) is 8.59. The summed E-state index contributed by atoms with van der Waals surface area (Å²) >= 11 is 0. The molecular formula is C16H19N3. The molecule has 0 radical (unpaired) electrons. The smallest absolute Gasteiger partial charge is 0.0887 e. The second-order valence-electron chi connectivity index (χ2n) is 5.10. The van der Waals surface area contributed by atoms with Crippen LogP contribution in [0.1, 0.15) is 24.8 Å². The molecular weight excluding hydrogens is 234 g/mol. The van der Waals surface area contributed by atoms with E-state index >= 15 is 0 Å². The van der Waals surface area contributed by atoms with Gasteiger partial charge in [-0.05, 0) is 31.4 Å². The van der Waals surface area contributed by atoms with Crippen molar-refractivity contribution in [3.05, 3.63) is 48.4 Å². The second kappa shape index (κ2) is 5.93. The largest absolute Gasteiger partial charge is 0.314 e. The van der Waals surface area contributed by atoms with Crippen LogP contribution >= 0.6 is 0 Å². The molecule has 0 aliphatic carbocycles. The number of benzene rings is 1. The van der Waals surface area contributed by atoms with E-state index in [9.17, 15) is 0 Å². The molecule has 1 aromatic heterocycles. The molecule has 3 nitrogen and oxygen atoms in total. The first-order valence-corrected chi connectivity index (χ1v) is 7.01. The van der Waals surface area contributed by atoms with E-state index in [0.717, 1.165) is 18.7 Å². The number of hydrogen-bond donors (Lipinski definition) is 1. The van der Waals surface area contributed by atoms with Crippen molar-refractivity contribution in [2.75, 3.05) is 6.54 Å². The summed E-state index contributed by atoms with van der Waals surface area (Å²) in [5.74, 6) is 0. The Morgan fingerprint density at radius 3 is 2.89 bits per heavy atom. The predicted octanol–water partition coefficient (Wildman–Crippen LogP) is 2.83. The Balaban J connectivity index is 1.85. The van der Waals surface area contributed by atoms with E-state index in [2.05, 4.69) is 39.6 Å². The molecule has 1 aromatic carbocycles. The van der Waals surface area contributed by atoms with E-state index in [0.29, 0.717) is 6.04 Å². The minimum absolute atomic E-state index is 0.603. The topological polar surface area (TPSA) is 37.8 Å². The van der Waals surface area contributed by atoms with Gasteiger partial charge in [-0.25, -0.2) is 0 Å². The Kier molecular flexibility index (Phi) is 3.84. The van der Waals surface area contributed by atoms with Crippen molar-refractivity contribution in [2.45, 2.75) is 31.7 Å². The van der Waals surface area contributed by atoms with Crippen LogP contribution in [0.2, 0.25) is 0 Å². The highest BCUT2D eigenvalue weighted by Crippen LogP contribution is 2.23. The third kappa shape index (κ3) is 2.99. The Morgan fingerprint density at radius 1 is 1.16 bits per heavy atom. The van der Waals surface area contributed by atoms with Crippen molar-refractivity contribution in [3.8, 4) is 11.3 Å². The number of piperidine rings is 1. The average molecular weight is 253 g/mol. The van der Waals surface area contributed by atoms with Crippen LogP contribution in [-0.2, 0) is 6.42 Å². The number of nitrogens with one attached hydrogen (secondary N) is 1. The molecule has 3 heteroatoms. The van der Waals surface area contributed by atoms with Crippen LogP contribution in [0.3, 0.4) is 0 Å². The maximum atomic E-state index is 4.42. The average Bonchev–Trinajstić information content (AvgIpc) is 2.50. The van der Waals surface area contributed by atoms with Gasteiger partial charge in [0.25, 0.3) is 0 Å². The molecule has 1 aliphatic rings. The first-order chi connectivity index (χ1) is 9.43. The third-order valence-corrected chi connectivity index (χ3v) is 3.74. The van der Waals surface area contributed by atoms with Crippen LogP contribution in [0.5, 0.6) is 0 Å². The minimum Gasteiger partial charge on any atom is -0.314 e. The third-order valence-electron chi connectivity index (χ3n) is 3.74. The van der Waals surface area contributed by atoms with Gasteiger partial charge >= 0.3 is 0 Å². The fourth-order valence-electron chi connectivity index (χ4n) is 2.75. The molecule has 98 valence electrons. The molecule has 1 saturated heterocycles. The molecule has 2 aromatic rings. The lowest BCUT2D eigenvalue weighted by Gasteiger charge is -2.24. The van der Waals surface area contributed by atoms with Crippen LogP contribution in [-0.4, -0.2) is 22.6 Å². The van der Waals surface area contributed by atoms with Crippen LogP contribution in [0.15, 0.2) is 42.9 Å². The Labute approximate surface area is 114 Å². The summed E-state index contributed by atoms with van der Waals surface area (Å²) in [6.07, 6.45) is 10.3. The molecule has 1 aliphatic heterocycles. The standard InChI is InChI=1S/C16H19N3/c1-2-7-15(16-12-17-9-10-19-16)13(5-1)11-14-6-3-4-8-18-14/h1-2,5,7,9-10,12,14,18H,3-4,6,8,11H2. The van der Waals surface area contributed by atoms with Gasteiger partial charge in [0.1, 0.15) is 0 Å². The SMILES string of the molecule is c1ccc(-c2cnccn2)c(CC2CCCCN2)c1. The zero-order valence-corrected chi connectivity index (χ0v) is 11.0. The fraction of sp³-hybridized carbons (Fsp3) is 0.375. The Morgan fingerprint density at radius 2 is 2.11 bits per heavy atom. The molecule has 0 bridgehead atoms. The number of nitrogens with zero attached hydrogens (tertiary/aromatic N) is 2. The monoisotopic (exact) mass is 253 g/mol. The normalized spacial score (nSPS) is 19.3. The van der Waals surface area contributed by atoms with Crippen molar-refractivity contribution < 1.29 is 0 Å². The highest BCUT2D eigenvalue weighted by Gasteiger charge is 2.15. The summed E-state index contributed by atoms with van der Waals surface area (Å²) in [6.45, 7) is 1.15. The van der Waals surface area contributed by atoms with Gasteiger partial charge in [0.05, 0.1) is 11.9 Å². The Hall–Kier alpha value is -1.74. The number of aromatic nitrogens is 2. The highest BCUT2D eigenvalue weighted by molar-refractivity contribution is 5.62. The summed E-state index contributed by atoms with van der Waals surface area (Å²) in [5.41, 5.74) is 3.54. The molecule has 1 N–H and O–H groups in total. The summed E-state index contributed by atoms with van der Waals surface area (Å²) in [6, 6.07) is 9.13. The maximum absolute atomic E-state index is 4.42. The summed E-state index contributed by atoms with van der Waals surface area (Å²) in [5, 5.41) is 3.61. The van der Waals surface area contributed by atoms with E-state index in [1.807, 2.05) is 6.20 Å². The van der Waals surface area contributed by atoms with Crippen molar-refractivity contribution in [1.29, 1.82) is 0 Å². The van der Waals surface area contributed by atoms with Gasteiger partial charge in [0.15, 0.2) is 0 Å². The molecule has 1 unspecified atom stereocenters. The van der Waals surface area contributed by atoms with Gasteiger partial charge in [-0.1, -0.05) is 30.7 Å². The lowest BCUT2D eigenvalue weighted by molar-refractivity contribution is 0.399. The van der Waals surface area contributed by atoms with Gasteiger partial charge in [0, 0.05) is 24.0 Å². The molecule has 2 heterocycles. The van der Waals surface area contributed by atoms with Crippen molar-refractivity contribution in [2.24, 2.45) is 0 Å². The Bertz CT molecular complexity index is 519. The molecule has 0 spiro atoms. The van der Waals surface area contributed by atoms with Gasteiger partial charge in [0.2, 0.25) is 0 Å². The zero-order valence-electron chi connectivity index (χ0n) is 11.0. The van der Waals surface area contributed by atoms with Gasteiger partial charge < -0.3 is 5.32 Å². The van der Waals surface area contributed by atoms with E-state index in [1.165, 1.54) is 30.4 Å². The fourth-order valence-corrected chi connectivity index (χ4v) is 2.75. The van der Waals surface area contributed by atoms with Crippen LogP contribution in [0.4, 0.5) is 0 Å². The second-order valence-corrected chi connectivity index (χ2v) is 5.10. The van der Waals surface area contributed by atoms with Crippen molar-refractivity contribution >= 4 is 0 Å². The molecule has 0 saturated carbocycles. The number of hydrogen-bond acceptors (Lipinski definition) is 3. The molecule has 1 atom stereocenters. The van der Waals surface area contributed by atoms with E-state index in [1.54, 1.807) is 12.4 Å². The summed E-state index contributed by atoms with van der Waals surface area (Å²) in [7, 11) is 0. The maximum Gasteiger partial charge on any atom is 0.0887 e. The predicted molar refractivity (Wildman–Crippen MR) is 76.8 cm³/mol. The van der Waals surface area contributed by atoms with E-state index < -0.39 is 0 Å². The van der Waals surface area contributed by atoms with Gasteiger partial charge in [-0.3, -0.25) is 9.97 Å². The van der Waals surface area contributed by atoms with Crippen LogP contribution < -0.4 is 5.32 Å². The molecule has 0 amide bonds. The lowest BCUT2D eigenvalue weighted by atomic mass is 9.94. The molecule has 1 fully saturated rings. The zero-order chi connectivity index (χ0) is 12.9. The van der Waals surface area contributed by atoms with Crippen molar-refractivity contribution in [3.63, 3.8) is 0 Å². The van der Waals surface area contributed by atoms with Gasteiger partial charge in [-0.15, -0.1) is 0 Å². The van der Waals surface area contributed by atoms with Gasteiger partial charge in [-0.2, -0.15) is 0 Å². The van der Waals surface area contributed by atoms with E-state index in [-0.39, 0.29) is 0 Å². The number of rotatable bonds is 3. The highest BCUT2D eigenvalue weighted by atomic mass is 14.9. The summed E-state index contributed by atoms with van der Waals surface area (Å²) < 4.78 is 0. The quantitative estimate of drug-likeness (QED) is 0.914. The van der Waals surface area contributed by atoms with Crippen molar-refractivity contribution in [1.82, 2.24) is 15.3 Å². The molecule has 3 rings (SSSR count). The van der Waals surface area contributed by atoms with E-state index in [4.69, 9.17) is 0 Å². The van der Waals surface area contributed by atoms with Crippen LogP contribution in [0.25, 0.3) is 11.3 Å². The molecule has 19 heavy (non-hydrogen) atoms. The lowest BCUT2D eigenvalue weighted by Crippen LogP contribution is -2.35.